The van der Waals surface area contributed by atoms with Gasteiger partial charge in [0.05, 0.1) is 6.04 Å². The highest BCUT2D eigenvalue weighted by Crippen LogP contribution is 2.20. The number of nitrogens with one attached hydrogen (secondary N) is 4. The zero-order valence-electron chi connectivity index (χ0n) is 22.3. The number of hydrogen-bond donors (Lipinski definition) is 7. The zero-order chi connectivity index (χ0) is 29.2. The summed E-state index contributed by atoms with van der Waals surface area (Å²) in [5.74, 6) is -2.40. The highest BCUT2D eigenvalue weighted by atomic mass is 32.2. The number of amides is 3. The van der Waals surface area contributed by atoms with Gasteiger partial charge in [-0.2, -0.15) is 11.8 Å². The van der Waals surface area contributed by atoms with E-state index in [1.807, 2.05) is 30.5 Å². The van der Waals surface area contributed by atoms with Gasteiger partial charge in [-0.05, 0) is 54.7 Å². The molecular weight excluding hydrogens is 534 g/mol. The van der Waals surface area contributed by atoms with Gasteiger partial charge in [0, 0.05) is 29.9 Å². The first-order valence-corrected chi connectivity index (χ1v) is 14.2. The number of H-pyrrole nitrogens is 1. The fourth-order valence-electron chi connectivity index (χ4n) is 4.15. The molecule has 0 bridgehead atoms. The fraction of sp³-hybridized carbons (Fsp3) is 0.357. The molecular formula is C28H35N5O6S. The second-order valence-corrected chi connectivity index (χ2v) is 10.5. The van der Waals surface area contributed by atoms with Crippen LogP contribution in [-0.4, -0.2) is 75.1 Å². The summed E-state index contributed by atoms with van der Waals surface area (Å²) in [5, 5.41) is 28.1. The highest BCUT2D eigenvalue weighted by molar-refractivity contribution is 7.98. The second kappa shape index (κ2) is 14.4. The summed E-state index contributed by atoms with van der Waals surface area (Å²) in [4.78, 5) is 54.3. The van der Waals surface area contributed by atoms with Crippen LogP contribution in [-0.2, 0) is 32.0 Å². The molecule has 40 heavy (non-hydrogen) atoms. The number of rotatable bonds is 14. The quantitative estimate of drug-likeness (QED) is 0.151. The van der Waals surface area contributed by atoms with Gasteiger partial charge in [-0.1, -0.05) is 30.3 Å². The second-order valence-electron chi connectivity index (χ2n) is 9.53. The van der Waals surface area contributed by atoms with Crippen LogP contribution in [0.25, 0.3) is 10.9 Å². The lowest BCUT2D eigenvalue weighted by Gasteiger charge is -2.25. The van der Waals surface area contributed by atoms with E-state index in [4.69, 9.17) is 5.73 Å². The fourth-order valence-corrected chi connectivity index (χ4v) is 4.62. The summed E-state index contributed by atoms with van der Waals surface area (Å²) < 4.78 is 0. The molecule has 2 aromatic carbocycles. The van der Waals surface area contributed by atoms with Gasteiger partial charge >= 0.3 is 5.97 Å². The van der Waals surface area contributed by atoms with Gasteiger partial charge in [-0.15, -0.1) is 0 Å². The van der Waals surface area contributed by atoms with Gasteiger partial charge in [0.2, 0.25) is 17.7 Å². The molecule has 1 heterocycles. The average Bonchev–Trinajstić information content (AvgIpc) is 3.33. The van der Waals surface area contributed by atoms with Gasteiger partial charge < -0.3 is 36.9 Å². The SMILES string of the molecule is CSCCC(NC(=O)C(C)N)C(=O)NC(Cc1c[nH]c2ccccc12)C(=O)NC(Cc1ccc(O)cc1)C(=O)O. The summed E-state index contributed by atoms with van der Waals surface area (Å²) in [7, 11) is 0. The van der Waals surface area contributed by atoms with Crippen LogP contribution in [0.5, 0.6) is 5.75 Å². The topological polar surface area (TPSA) is 187 Å². The Bertz CT molecular complexity index is 1330. The molecule has 11 nitrogen and oxygen atoms in total. The van der Waals surface area contributed by atoms with E-state index in [0.29, 0.717) is 17.7 Å². The maximum Gasteiger partial charge on any atom is 0.326 e. The molecule has 0 aliphatic carbocycles. The Labute approximate surface area is 236 Å². The number of aromatic nitrogens is 1. The third-order valence-corrected chi connectivity index (χ3v) is 7.02. The number of phenolic OH excluding ortho intramolecular Hbond substituents is 1. The molecule has 214 valence electrons. The summed E-state index contributed by atoms with van der Waals surface area (Å²) in [5.41, 5.74) is 7.87. The number of para-hydroxylation sites is 1. The number of carbonyl (C=O) groups excluding carboxylic acids is 3. The molecule has 3 amide bonds. The van der Waals surface area contributed by atoms with Crippen LogP contribution in [0.2, 0.25) is 0 Å². The van der Waals surface area contributed by atoms with Crippen LogP contribution in [0, 0.1) is 0 Å². The largest absolute Gasteiger partial charge is 0.508 e. The molecule has 0 saturated heterocycles. The Kier molecular flexibility index (Phi) is 11.0. The Morgan fingerprint density at radius 3 is 2.17 bits per heavy atom. The van der Waals surface area contributed by atoms with E-state index in [-0.39, 0.29) is 18.6 Å². The maximum atomic E-state index is 13.5. The molecule has 8 N–H and O–H groups in total. The number of aromatic amines is 1. The van der Waals surface area contributed by atoms with Crippen LogP contribution < -0.4 is 21.7 Å². The van der Waals surface area contributed by atoms with E-state index in [9.17, 15) is 29.4 Å². The van der Waals surface area contributed by atoms with Crippen molar-refractivity contribution in [1.82, 2.24) is 20.9 Å². The zero-order valence-corrected chi connectivity index (χ0v) is 23.2. The molecule has 0 radical (unpaired) electrons. The summed E-state index contributed by atoms with van der Waals surface area (Å²) in [6.07, 6.45) is 3.96. The van der Waals surface area contributed by atoms with E-state index in [1.165, 1.54) is 30.8 Å². The standard InChI is InChI=1S/C28H35N5O6S/c1-16(29)25(35)31-22(11-12-40-2)26(36)32-23(14-18-15-30-21-6-4-3-5-20(18)21)27(37)33-24(28(38)39)13-17-7-9-19(34)10-8-17/h3-10,15-16,22-24,30,34H,11-14,29H2,1-2H3,(H,31,35)(H,32,36)(H,33,37)(H,38,39). The normalized spacial score (nSPS) is 14.1. The minimum absolute atomic E-state index is 0.0318. The van der Waals surface area contributed by atoms with E-state index in [1.54, 1.807) is 18.3 Å². The molecule has 1 aromatic heterocycles. The number of fused-ring (bicyclic) bond motifs is 1. The van der Waals surface area contributed by atoms with Gasteiger partial charge in [-0.3, -0.25) is 14.4 Å². The van der Waals surface area contributed by atoms with Crippen molar-refractivity contribution in [3.05, 3.63) is 65.9 Å². The number of carboxylic acids is 1. The molecule has 0 saturated carbocycles. The molecule has 3 rings (SSSR count). The lowest BCUT2D eigenvalue weighted by atomic mass is 10.0. The molecule has 0 aliphatic heterocycles. The summed E-state index contributed by atoms with van der Waals surface area (Å²) in [6, 6.07) is 9.30. The first kappa shape index (κ1) is 30.5. The smallest absolute Gasteiger partial charge is 0.326 e. The number of carbonyl (C=O) groups is 4. The monoisotopic (exact) mass is 569 g/mol. The number of phenols is 1. The number of aromatic hydroxyl groups is 1. The number of carboxylic acid groups (broad SMARTS) is 1. The van der Waals surface area contributed by atoms with Crippen molar-refractivity contribution in [3.8, 4) is 5.75 Å². The Morgan fingerprint density at radius 2 is 1.52 bits per heavy atom. The molecule has 3 aromatic rings. The number of nitrogens with two attached hydrogens (primary N) is 1. The number of benzene rings is 2. The van der Waals surface area contributed by atoms with Crippen LogP contribution >= 0.6 is 11.8 Å². The summed E-state index contributed by atoms with van der Waals surface area (Å²) in [6.45, 7) is 1.51. The third kappa shape index (κ3) is 8.48. The number of hydrogen-bond acceptors (Lipinski definition) is 7. The maximum absolute atomic E-state index is 13.5. The molecule has 0 fully saturated rings. The first-order chi connectivity index (χ1) is 19.1. The number of thioether (sulfide) groups is 1. The van der Waals surface area contributed by atoms with E-state index >= 15 is 0 Å². The van der Waals surface area contributed by atoms with Crippen molar-refractivity contribution >= 4 is 46.4 Å². The first-order valence-electron chi connectivity index (χ1n) is 12.8. The third-order valence-electron chi connectivity index (χ3n) is 6.38. The minimum Gasteiger partial charge on any atom is -0.508 e. The van der Waals surface area contributed by atoms with Crippen molar-refractivity contribution in [2.24, 2.45) is 5.73 Å². The number of aliphatic carboxylic acids is 1. The van der Waals surface area contributed by atoms with Crippen LogP contribution in [0.4, 0.5) is 0 Å². The van der Waals surface area contributed by atoms with Crippen molar-refractivity contribution in [2.75, 3.05) is 12.0 Å². The molecule has 12 heteroatoms. The van der Waals surface area contributed by atoms with Crippen molar-refractivity contribution in [2.45, 2.75) is 50.4 Å². The van der Waals surface area contributed by atoms with Gasteiger partial charge in [0.1, 0.15) is 23.9 Å². The van der Waals surface area contributed by atoms with E-state index in [0.717, 1.165) is 16.5 Å². The lowest BCUT2D eigenvalue weighted by molar-refractivity contribution is -0.142. The van der Waals surface area contributed by atoms with Crippen molar-refractivity contribution in [3.63, 3.8) is 0 Å². The molecule has 0 aliphatic rings. The van der Waals surface area contributed by atoms with Crippen LogP contribution in [0.1, 0.15) is 24.5 Å². The Balaban J connectivity index is 1.86. The Hall–Kier alpha value is -4.03. The van der Waals surface area contributed by atoms with E-state index in [2.05, 4.69) is 20.9 Å². The Morgan fingerprint density at radius 1 is 0.900 bits per heavy atom. The molecule has 4 unspecified atom stereocenters. The van der Waals surface area contributed by atoms with Crippen LogP contribution in [0.3, 0.4) is 0 Å². The summed E-state index contributed by atoms with van der Waals surface area (Å²) >= 11 is 1.50. The van der Waals surface area contributed by atoms with Gasteiger partial charge in [-0.25, -0.2) is 4.79 Å². The van der Waals surface area contributed by atoms with Gasteiger partial charge in [0.25, 0.3) is 0 Å². The lowest BCUT2D eigenvalue weighted by Crippen LogP contribution is -2.57. The minimum atomic E-state index is -1.29. The molecule has 4 atom stereocenters. The predicted octanol–water partition coefficient (Wildman–Crippen LogP) is 1.30. The van der Waals surface area contributed by atoms with E-state index < -0.39 is 47.9 Å². The average molecular weight is 570 g/mol. The van der Waals surface area contributed by atoms with Crippen molar-refractivity contribution < 1.29 is 29.4 Å². The molecule has 0 spiro atoms. The highest BCUT2D eigenvalue weighted by Gasteiger charge is 2.30. The predicted molar refractivity (Wildman–Crippen MR) is 154 cm³/mol. The van der Waals surface area contributed by atoms with Crippen molar-refractivity contribution in [1.29, 1.82) is 0 Å². The van der Waals surface area contributed by atoms with Crippen LogP contribution in [0.15, 0.2) is 54.7 Å². The van der Waals surface area contributed by atoms with Gasteiger partial charge in [0.15, 0.2) is 0 Å².